The van der Waals surface area contributed by atoms with Crippen LogP contribution in [0.4, 0.5) is 0 Å². The lowest BCUT2D eigenvalue weighted by Gasteiger charge is -2.32. The maximum absolute atomic E-state index is 3.38. The Morgan fingerprint density at radius 2 is 1.79 bits per heavy atom. The van der Waals surface area contributed by atoms with Crippen LogP contribution < -0.4 is 5.32 Å². The number of fused-ring (bicyclic) bond motifs is 1. The van der Waals surface area contributed by atoms with Gasteiger partial charge in [-0.25, -0.2) is 0 Å². The molecular weight excluding hydrogens is 172 g/mol. The first-order valence-corrected chi connectivity index (χ1v) is 5.78. The highest BCUT2D eigenvalue weighted by molar-refractivity contribution is 5.11. The van der Waals surface area contributed by atoms with Crippen LogP contribution in [-0.2, 0) is 0 Å². The second-order valence-electron chi connectivity index (χ2n) is 6.36. The smallest absolute Gasteiger partial charge is 0.0249 e. The Kier molecular flexibility index (Phi) is 2.20. The van der Waals surface area contributed by atoms with Gasteiger partial charge in [-0.1, -0.05) is 13.8 Å². The van der Waals surface area contributed by atoms with Gasteiger partial charge in [0.15, 0.2) is 0 Å². The molecule has 0 radical (unpaired) electrons. The van der Waals surface area contributed by atoms with E-state index in [1.165, 1.54) is 19.6 Å². The fraction of sp³-hybridized carbons (Fsp3) is 1.00. The fourth-order valence-electron chi connectivity index (χ4n) is 2.98. The summed E-state index contributed by atoms with van der Waals surface area (Å²) in [5, 5.41) is 3.38. The van der Waals surface area contributed by atoms with Crippen molar-refractivity contribution in [1.29, 1.82) is 0 Å². The zero-order chi connectivity index (χ0) is 10.6. The number of nitrogens with one attached hydrogen (secondary N) is 1. The summed E-state index contributed by atoms with van der Waals surface area (Å²) in [5.74, 6) is 1.96. The summed E-state index contributed by atoms with van der Waals surface area (Å²) in [6, 6.07) is 0. The van der Waals surface area contributed by atoms with Crippen LogP contribution >= 0.6 is 0 Å². The van der Waals surface area contributed by atoms with Crippen molar-refractivity contribution in [2.45, 2.75) is 33.2 Å². The summed E-state index contributed by atoms with van der Waals surface area (Å²) in [6.45, 7) is 13.2. The summed E-state index contributed by atoms with van der Waals surface area (Å²) >= 11 is 0. The van der Waals surface area contributed by atoms with Crippen molar-refractivity contribution in [3.8, 4) is 0 Å². The highest BCUT2D eigenvalue weighted by atomic mass is 15.2. The molecule has 1 aliphatic heterocycles. The summed E-state index contributed by atoms with van der Waals surface area (Å²) in [6.07, 6.45) is 0. The first-order chi connectivity index (χ1) is 6.37. The third kappa shape index (κ3) is 1.59. The highest BCUT2D eigenvalue weighted by Crippen LogP contribution is 2.61. The number of likely N-dealkylation sites (tertiary alicyclic amines) is 1. The molecule has 0 amide bonds. The van der Waals surface area contributed by atoms with Crippen molar-refractivity contribution >= 4 is 0 Å². The van der Waals surface area contributed by atoms with E-state index in [0.717, 1.165) is 11.8 Å². The third-order valence-corrected chi connectivity index (χ3v) is 4.49. The molecule has 2 aliphatic rings. The second-order valence-corrected chi connectivity index (χ2v) is 6.36. The van der Waals surface area contributed by atoms with Crippen molar-refractivity contribution in [2.75, 3.05) is 26.7 Å². The van der Waals surface area contributed by atoms with Crippen LogP contribution in [0.5, 0.6) is 0 Å². The first kappa shape index (κ1) is 10.4. The maximum atomic E-state index is 3.38. The lowest BCUT2D eigenvalue weighted by Crippen LogP contribution is -2.47. The van der Waals surface area contributed by atoms with Crippen LogP contribution in [0.2, 0.25) is 0 Å². The molecular formula is C12H24N2. The average Bonchev–Trinajstić information content (AvgIpc) is 2.52. The molecule has 1 heterocycles. The topological polar surface area (TPSA) is 15.3 Å². The molecule has 0 aromatic carbocycles. The van der Waals surface area contributed by atoms with E-state index in [2.05, 4.69) is 45.0 Å². The van der Waals surface area contributed by atoms with Gasteiger partial charge in [-0.3, -0.25) is 0 Å². The van der Waals surface area contributed by atoms with E-state index in [4.69, 9.17) is 0 Å². The first-order valence-electron chi connectivity index (χ1n) is 5.78. The van der Waals surface area contributed by atoms with Crippen molar-refractivity contribution in [1.82, 2.24) is 10.2 Å². The van der Waals surface area contributed by atoms with Crippen molar-refractivity contribution in [3.63, 3.8) is 0 Å². The van der Waals surface area contributed by atoms with Crippen LogP contribution in [0, 0.1) is 17.3 Å². The summed E-state index contributed by atoms with van der Waals surface area (Å²) in [4.78, 5) is 2.62. The van der Waals surface area contributed by atoms with Crippen LogP contribution in [0.15, 0.2) is 0 Å². The molecule has 0 aromatic rings. The molecule has 2 nitrogen and oxygen atoms in total. The maximum Gasteiger partial charge on any atom is 0.0249 e. The third-order valence-electron chi connectivity index (χ3n) is 4.49. The van der Waals surface area contributed by atoms with Gasteiger partial charge in [-0.05, 0) is 38.1 Å². The molecule has 1 saturated carbocycles. The summed E-state index contributed by atoms with van der Waals surface area (Å²) < 4.78 is 0. The summed E-state index contributed by atoms with van der Waals surface area (Å²) in [5.41, 5.74) is 0.918. The van der Waals surface area contributed by atoms with E-state index in [1.807, 2.05) is 0 Å². The van der Waals surface area contributed by atoms with Crippen molar-refractivity contribution < 1.29 is 0 Å². The normalized spacial score (nSPS) is 35.8. The molecule has 2 unspecified atom stereocenters. The van der Waals surface area contributed by atoms with Crippen molar-refractivity contribution in [3.05, 3.63) is 0 Å². The molecule has 2 atom stereocenters. The van der Waals surface area contributed by atoms with Gasteiger partial charge in [-0.2, -0.15) is 0 Å². The van der Waals surface area contributed by atoms with E-state index in [-0.39, 0.29) is 5.54 Å². The SMILES string of the molecule is CNC(C)(C)CN1CC2C(C1)C2(C)C. The summed E-state index contributed by atoms with van der Waals surface area (Å²) in [7, 11) is 2.06. The van der Waals surface area contributed by atoms with Gasteiger partial charge in [0.1, 0.15) is 0 Å². The van der Waals surface area contributed by atoms with E-state index in [1.54, 1.807) is 0 Å². The zero-order valence-corrected chi connectivity index (χ0v) is 10.2. The molecule has 1 aliphatic carbocycles. The van der Waals surface area contributed by atoms with E-state index < -0.39 is 0 Å². The highest BCUT2D eigenvalue weighted by Gasteiger charge is 2.61. The minimum Gasteiger partial charge on any atom is -0.314 e. The molecule has 0 aromatic heterocycles. The molecule has 82 valence electrons. The van der Waals surface area contributed by atoms with Crippen LogP contribution in [0.25, 0.3) is 0 Å². The standard InChI is InChI=1S/C12H24N2/c1-11(2,13-5)8-14-6-9-10(7-14)12(9,3)4/h9-10,13H,6-8H2,1-5H3. The Morgan fingerprint density at radius 3 is 2.21 bits per heavy atom. The molecule has 0 bridgehead atoms. The minimum atomic E-state index is 0.265. The number of nitrogens with zero attached hydrogens (tertiary/aromatic N) is 1. The fourth-order valence-corrected chi connectivity index (χ4v) is 2.98. The molecule has 2 fully saturated rings. The van der Waals surface area contributed by atoms with Crippen molar-refractivity contribution in [2.24, 2.45) is 17.3 Å². The molecule has 2 heteroatoms. The van der Waals surface area contributed by atoms with Crippen LogP contribution in [-0.4, -0.2) is 37.1 Å². The van der Waals surface area contributed by atoms with Gasteiger partial charge < -0.3 is 10.2 Å². The number of hydrogen-bond acceptors (Lipinski definition) is 2. The Balaban J connectivity index is 1.83. The quantitative estimate of drug-likeness (QED) is 0.737. The lowest BCUT2D eigenvalue weighted by molar-refractivity contribution is 0.201. The Labute approximate surface area is 88.1 Å². The van der Waals surface area contributed by atoms with Gasteiger partial charge in [0.2, 0.25) is 0 Å². The van der Waals surface area contributed by atoms with Gasteiger partial charge in [0.05, 0.1) is 0 Å². The van der Waals surface area contributed by atoms with Gasteiger partial charge in [0.25, 0.3) is 0 Å². The van der Waals surface area contributed by atoms with E-state index >= 15 is 0 Å². The Morgan fingerprint density at radius 1 is 1.29 bits per heavy atom. The monoisotopic (exact) mass is 196 g/mol. The van der Waals surface area contributed by atoms with Gasteiger partial charge >= 0.3 is 0 Å². The zero-order valence-electron chi connectivity index (χ0n) is 10.2. The molecule has 0 spiro atoms. The second kappa shape index (κ2) is 2.96. The molecule has 1 saturated heterocycles. The number of hydrogen-bond donors (Lipinski definition) is 1. The van der Waals surface area contributed by atoms with E-state index in [0.29, 0.717) is 5.41 Å². The number of rotatable bonds is 3. The number of likely N-dealkylation sites (N-methyl/N-ethyl adjacent to an activating group) is 1. The Bertz CT molecular complexity index is 218. The molecule has 2 rings (SSSR count). The molecule has 14 heavy (non-hydrogen) atoms. The lowest BCUT2D eigenvalue weighted by atomic mass is 10.0. The van der Waals surface area contributed by atoms with Crippen LogP contribution in [0.3, 0.4) is 0 Å². The Hall–Kier alpha value is -0.0800. The molecule has 1 N–H and O–H groups in total. The average molecular weight is 196 g/mol. The van der Waals surface area contributed by atoms with Crippen LogP contribution in [0.1, 0.15) is 27.7 Å². The van der Waals surface area contributed by atoms with Gasteiger partial charge in [-0.15, -0.1) is 0 Å². The number of piperidine rings is 1. The van der Waals surface area contributed by atoms with E-state index in [9.17, 15) is 0 Å². The predicted octanol–water partition coefficient (Wildman–Crippen LogP) is 1.57. The minimum absolute atomic E-state index is 0.265. The largest absolute Gasteiger partial charge is 0.314 e. The predicted molar refractivity (Wildman–Crippen MR) is 60.3 cm³/mol. The van der Waals surface area contributed by atoms with Gasteiger partial charge in [0, 0.05) is 25.2 Å².